The third-order valence-corrected chi connectivity index (χ3v) is 5.21. The van der Waals surface area contributed by atoms with Crippen LogP contribution in [-0.4, -0.2) is 49.0 Å². The van der Waals surface area contributed by atoms with Crippen molar-refractivity contribution in [2.75, 3.05) is 31.5 Å². The lowest BCUT2D eigenvalue weighted by Gasteiger charge is -2.33. The SMILES string of the molecule is CCNC(=NCC(=O)Nc1ccc(F)c(F)c1F)NC1CCN(Cc2ccccc2)CC1.I. The molecule has 2 aromatic rings. The zero-order chi connectivity index (χ0) is 22.9. The largest absolute Gasteiger partial charge is 0.357 e. The minimum Gasteiger partial charge on any atom is -0.357 e. The second-order valence-electron chi connectivity index (χ2n) is 7.65. The molecule has 0 aromatic heterocycles. The van der Waals surface area contributed by atoms with Crippen LogP contribution >= 0.6 is 24.0 Å². The lowest BCUT2D eigenvalue weighted by atomic mass is 10.0. The topological polar surface area (TPSA) is 68.8 Å². The van der Waals surface area contributed by atoms with E-state index in [1.807, 2.05) is 25.1 Å². The number of nitrogens with zero attached hydrogens (tertiary/aromatic N) is 2. The molecule has 3 N–H and O–H groups in total. The number of carbonyl (C=O) groups excluding carboxylic acids is 1. The van der Waals surface area contributed by atoms with E-state index in [4.69, 9.17) is 0 Å². The quantitative estimate of drug-likeness (QED) is 0.203. The number of piperidine rings is 1. The number of halogens is 4. The Morgan fingerprint density at radius 3 is 2.42 bits per heavy atom. The normalized spacial score (nSPS) is 15.0. The maximum atomic E-state index is 13.7. The molecule has 1 amide bonds. The van der Waals surface area contributed by atoms with Crippen molar-refractivity contribution in [2.45, 2.75) is 32.4 Å². The van der Waals surface area contributed by atoms with Crippen molar-refractivity contribution in [1.29, 1.82) is 0 Å². The highest BCUT2D eigenvalue weighted by molar-refractivity contribution is 14.0. The van der Waals surface area contributed by atoms with Crippen LogP contribution in [0.4, 0.5) is 18.9 Å². The first-order valence-electron chi connectivity index (χ1n) is 10.7. The molecule has 1 fully saturated rings. The molecule has 1 aliphatic rings. The van der Waals surface area contributed by atoms with Crippen molar-refractivity contribution < 1.29 is 18.0 Å². The molecule has 0 atom stereocenters. The van der Waals surface area contributed by atoms with E-state index in [9.17, 15) is 18.0 Å². The monoisotopic (exact) mass is 575 g/mol. The zero-order valence-electron chi connectivity index (χ0n) is 18.4. The van der Waals surface area contributed by atoms with E-state index in [1.165, 1.54) is 5.56 Å². The predicted octanol–water partition coefficient (Wildman–Crippen LogP) is 3.88. The van der Waals surface area contributed by atoms with Crippen LogP contribution in [0, 0.1) is 17.5 Å². The predicted molar refractivity (Wildman–Crippen MR) is 134 cm³/mol. The van der Waals surface area contributed by atoms with Crippen LogP contribution in [0.25, 0.3) is 0 Å². The Hall–Kier alpha value is -2.34. The van der Waals surface area contributed by atoms with Crippen LogP contribution in [0.1, 0.15) is 25.3 Å². The van der Waals surface area contributed by atoms with Gasteiger partial charge in [0.2, 0.25) is 5.91 Å². The van der Waals surface area contributed by atoms with Crippen LogP contribution in [0.3, 0.4) is 0 Å². The summed E-state index contributed by atoms with van der Waals surface area (Å²) in [5.74, 6) is -4.53. The van der Waals surface area contributed by atoms with Crippen LogP contribution in [0.15, 0.2) is 47.5 Å². The number of hydrogen-bond donors (Lipinski definition) is 3. The molecule has 1 saturated heterocycles. The number of guanidine groups is 1. The third kappa shape index (κ3) is 8.18. The number of aliphatic imine (C=N–C) groups is 1. The first-order chi connectivity index (χ1) is 15.5. The van der Waals surface area contributed by atoms with Gasteiger partial charge in [-0.3, -0.25) is 9.69 Å². The Kier molecular flexibility index (Phi) is 10.9. The second kappa shape index (κ2) is 13.4. The van der Waals surface area contributed by atoms with Gasteiger partial charge >= 0.3 is 0 Å². The van der Waals surface area contributed by atoms with Gasteiger partial charge in [-0.25, -0.2) is 18.2 Å². The fourth-order valence-corrected chi connectivity index (χ4v) is 3.55. The van der Waals surface area contributed by atoms with Crippen molar-refractivity contribution in [3.63, 3.8) is 0 Å². The molecule has 0 bridgehead atoms. The molecule has 180 valence electrons. The smallest absolute Gasteiger partial charge is 0.246 e. The average molecular weight is 575 g/mol. The highest BCUT2D eigenvalue weighted by Gasteiger charge is 2.20. The Balaban J connectivity index is 0.00000385. The average Bonchev–Trinajstić information content (AvgIpc) is 2.80. The third-order valence-electron chi connectivity index (χ3n) is 5.21. The molecule has 0 radical (unpaired) electrons. The van der Waals surface area contributed by atoms with Gasteiger partial charge in [0.25, 0.3) is 0 Å². The van der Waals surface area contributed by atoms with Crippen molar-refractivity contribution in [1.82, 2.24) is 15.5 Å². The molecule has 3 rings (SSSR count). The van der Waals surface area contributed by atoms with E-state index in [-0.39, 0.29) is 36.6 Å². The summed E-state index contributed by atoms with van der Waals surface area (Å²) in [4.78, 5) is 18.8. The van der Waals surface area contributed by atoms with Crippen molar-refractivity contribution in [2.24, 2.45) is 4.99 Å². The Bertz CT molecular complexity index is 937. The lowest BCUT2D eigenvalue weighted by molar-refractivity contribution is -0.114. The number of anilines is 1. The fourth-order valence-electron chi connectivity index (χ4n) is 3.55. The fraction of sp³-hybridized carbons (Fsp3) is 0.391. The molecule has 0 aliphatic carbocycles. The molecular weight excluding hydrogens is 546 g/mol. The van der Waals surface area contributed by atoms with Gasteiger partial charge in [0.05, 0.1) is 5.69 Å². The highest BCUT2D eigenvalue weighted by atomic mass is 127. The Morgan fingerprint density at radius 1 is 1.06 bits per heavy atom. The molecular formula is C23H29F3IN5O. The standard InChI is InChI=1S/C23H28F3N5O.HI/c1-2-27-23(28-14-20(32)30-19-9-8-18(24)21(25)22(19)26)29-17-10-12-31(13-11-17)15-16-6-4-3-5-7-16;/h3-9,17H,2,10-15H2,1H3,(H,30,32)(H2,27,28,29);1H. The summed E-state index contributed by atoms with van der Waals surface area (Å²) in [5, 5.41) is 8.65. The summed E-state index contributed by atoms with van der Waals surface area (Å²) in [5.41, 5.74) is 0.866. The van der Waals surface area contributed by atoms with Crippen LogP contribution in [0.2, 0.25) is 0 Å². The van der Waals surface area contributed by atoms with E-state index in [1.54, 1.807) is 0 Å². The van der Waals surface area contributed by atoms with E-state index in [0.717, 1.165) is 44.6 Å². The Labute approximate surface area is 209 Å². The number of hydrogen-bond acceptors (Lipinski definition) is 3. The molecule has 1 heterocycles. The molecule has 2 aromatic carbocycles. The van der Waals surface area contributed by atoms with Gasteiger partial charge in [0.1, 0.15) is 6.54 Å². The van der Waals surface area contributed by atoms with Crippen LogP contribution in [0.5, 0.6) is 0 Å². The molecule has 6 nitrogen and oxygen atoms in total. The summed E-state index contributed by atoms with van der Waals surface area (Å²) in [7, 11) is 0. The zero-order valence-corrected chi connectivity index (χ0v) is 20.7. The number of rotatable bonds is 7. The summed E-state index contributed by atoms with van der Waals surface area (Å²) in [6.07, 6.45) is 1.87. The number of carbonyl (C=O) groups is 1. The van der Waals surface area contributed by atoms with Gasteiger partial charge in [-0.2, -0.15) is 0 Å². The maximum Gasteiger partial charge on any atom is 0.246 e. The molecule has 10 heteroatoms. The number of nitrogens with one attached hydrogen (secondary N) is 3. The van der Waals surface area contributed by atoms with E-state index in [2.05, 4.69) is 38.0 Å². The van der Waals surface area contributed by atoms with Crippen molar-refractivity contribution >= 4 is 41.5 Å². The highest BCUT2D eigenvalue weighted by Crippen LogP contribution is 2.19. The van der Waals surface area contributed by atoms with Gasteiger partial charge in [-0.05, 0) is 37.5 Å². The molecule has 1 aliphatic heterocycles. The minimum atomic E-state index is -1.63. The van der Waals surface area contributed by atoms with E-state index >= 15 is 0 Å². The van der Waals surface area contributed by atoms with Gasteiger partial charge in [-0.15, -0.1) is 24.0 Å². The Morgan fingerprint density at radius 2 is 1.76 bits per heavy atom. The van der Waals surface area contributed by atoms with E-state index < -0.39 is 29.0 Å². The molecule has 0 unspecified atom stereocenters. The van der Waals surface area contributed by atoms with Gasteiger partial charge in [0, 0.05) is 32.2 Å². The number of benzene rings is 2. The molecule has 33 heavy (non-hydrogen) atoms. The maximum absolute atomic E-state index is 13.7. The van der Waals surface area contributed by atoms with Crippen molar-refractivity contribution in [3.8, 4) is 0 Å². The first kappa shape index (κ1) is 26.9. The minimum absolute atomic E-state index is 0. The summed E-state index contributed by atoms with van der Waals surface area (Å²) in [6.45, 7) is 5.04. The van der Waals surface area contributed by atoms with Crippen LogP contribution in [-0.2, 0) is 11.3 Å². The molecule has 0 spiro atoms. The van der Waals surface area contributed by atoms with Gasteiger partial charge < -0.3 is 16.0 Å². The first-order valence-corrected chi connectivity index (χ1v) is 10.7. The van der Waals surface area contributed by atoms with E-state index in [0.29, 0.717) is 12.5 Å². The van der Waals surface area contributed by atoms with Crippen LogP contribution < -0.4 is 16.0 Å². The van der Waals surface area contributed by atoms with Gasteiger partial charge in [-0.1, -0.05) is 30.3 Å². The summed E-state index contributed by atoms with van der Waals surface area (Å²) < 4.78 is 40.1. The number of amides is 1. The summed E-state index contributed by atoms with van der Waals surface area (Å²) >= 11 is 0. The molecule has 0 saturated carbocycles. The summed E-state index contributed by atoms with van der Waals surface area (Å²) in [6, 6.07) is 12.3. The lowest BCUT2D eigenvalue weighted by Crippen LogP contribution is -2.48. The van der Waals surface area contributed by atoms with Gasteiger partial charge in [0.15, 0.2) is 23.4 Å². The second-order valence-corrected chi connectivity index (χ2v) is 7.65. The van der Waals surface area contributed by atoms with Crippen molar-refractivity contribution in [3.05, 3.63) is 65.5 Å². The number of likely N-dealkylation sites (tertiary alicyclic amines) is 1.